The highest BCUT2D eigenvalue weighted by Gasteiger charge is 2.42. The predicted octanol–water partition coefficient (Wildman–Crippen LogP) is 11.9. The highest BCUT2D eigenvalue weighted by Crippen LogP contribution is 2.39. The highest BCUT2D eigenvalue weighted by molar-refractivity contribution is 7.04. The van der Waals surface area contributed by atoms with Gasteiger partial charge in [0.2, 0.25) is 0 Å². The maximum Gasteiger partial charge on any atom is 0.161 e. The molecule has 0 fully saturated rings. The summed E-state index contributed by atoms with van der Waals surface area (Å²) >= 11 is 0. The zero-order valence-electron chi connectivity index (χ0n) is 29.7. The van der Waals surface area contributed by atoms with Crippen molar-refractivity contribution in [1.29, 1.82) is 0 Å². The monoisotopic (exact) mass is 692 g/mol. The SMILES string of the molecule is C[Si]1(C)c2ccc3ccccc3c2-c2nc(-c3cccc4ccccc34)nc(-c3cccc(-c4cccc(-c5ccc(-c6ccccc6)cc5)c4)c3)c21. The molecule has 0 saturated heterocycles. The largest absolute Gasteiger partial charge is 0.228 e. The van der Waals surface area contributed by atoms with E-state index in [4.69, 9.17) is 9.97 Å². The van der Waals surface area contributed by atoms with Gasteiger partial charge in [0, 0.05) is 16.7 Å². The van der Waals surface area contributed by atoms with Gasteiger partial charge in [-0.1, -0.05) is 183 Å². The first-order chi connectivity index (χ1) is 26.0. The summed E-state index contributed by atoms with van der Waals surface area (Å²) in [6.45, 7) is 4.93. The molecule has 0 bridgehead atoms. The first-order valence-electron chi connectivity index (χ1n) is 18.3. The molecule has 0 unspecified atom stereocenters. The van der Waals surface area contributed by atoms with Gasteiger partial charge in [-0.3, -0.25) is 0 Å². The summed E-state index contributed by atoms with van der Waals surface area (Å²) in [4.78, 5) is 11.1. The molecule has 1 aromatic heterocycles. The summed E-state index contributed by atoms with van der Waals surface area (Å²) in [6.07, 6.45) is 0. The lowest BCUT2D eigenvalue weighted by molar-refractivity contribution is 1.21. The van der Waals surface area contributed by atoms with E-state index in [1.807, 2.05) is 0 Å². The molecule has 0 spiro atoms. The van der Waals surface area contributed by atoms with Gasteiger partial charge in [-0.05, 0) is 77.4 Å². The fraction of sp³-hybridized carbons (Fsp3) is 0.0400. The van der Waals surface area contributed by atoms with E-state index in [1.165, 1.54) is 65.5 Å². The van der Waals surface area contributed by atoms with E-state index in [-0.39, 0.29) is 0 Å². The summed E-state index contributed by atoms with van der Waals surface area (Å²) in [5.74, 6) is 0.771. The molecule has 1 aliphatic rings. The fourth-order valence-corrected chi connectivity index (χ4v) is 11.6. The second-order valence-corrected chi connectivity index (χ2v) is 18.9. The summed E-state index contributed by atoms with van der Waals surface area (Å²) in [6, 6.07) is 65.7. The third-order valence-corrected chi connectivity index (χ3v) is 14.5. The van der Waals surface area contributed by atoms with Crippen LogP contribution >= 0.6 is 0 Å². The summed E-state index contributed by atoms with van der Waals surface area (Å²) in [5, 5.41) is 7.60. The number of fused-ring (bicyclic) bond motifs is 6. The zero-order chi connectivity index (χ0) is 35.5. The lowest BCUT2D eigenvalue weighted by Crippen LogP contribution is -2.50. The molecule has 0 N–H and O–H groups in total. The van der Waals surface area contributed by atoms with Gasteiger partial charge >= 0.3 is 0 Å². The minimum atomic E-state index is -2.21. The molecule has 0 saturated carbocycles. The second-order valence-electron chi connectivity index (χ2n) is 14.6. The van der Waals surface area contributed by atoms with Crippen molar-refractivity contribution >= 4 is 40.0 Å². The van der Waals surface area contributed by atoms with Crippen molar-refractivity contribution < 1.29 is 0 Å². The van der Waals surface area contributed by atoms with E-state index in [9.17, 15) is 0 Å². The first-order valence-corrected chi connectivity index (χ1v) is 21.3. The Bertz CT molecular complexity index is 2850. The Kier molecular flexibility index (Phi) is 7.31. The van der Waals surface area contributed by atoms with Gasteiger partial charge in [0.1, 0.15) is 8.07 Å². The predicted molar refractivity (Wildman–Crippen MR) is 226 cm³/mol. The van der Waals surface area contributed by atoms with E-state index in [0.717, 1.165) is 33.7 Å². The van der Waals surface area contributed by atoms with Crippen molar-refractivity contribution in [2.24, 2.45) is 0 Å². The summed E-state index contributed by atoms with van der Waals surface area (Å²) in [5.41, 5.74) is 12.8. The van der Waals surface area contributed by atoms with Crippen molar-refractivity contribution in [2.45, 2.75) is 13.1 Å². The maximum absolute atomic E-state index is 5.55. The van der Waals surface area contributed by atoms with Crippen LogP contribution in [0.1, 0.15) is 0 Å². The molecule has 8 aromatic carbocycles. The van der Waals surface area contributed by atoms with Crippen LogP contribution in [0.3, 0.4) is 0 Å². The van der Waals surface area contributed by atoms with Crippen molar-refractivity contribution in [1.82, 2.24) is 9.97 Å². The molecule has 1 aliphatic heterocycles. The van der Waals surface area contributed by atoms with Crippen LogP contribution in [0.5, 0.6) is 0 Å². The molecule has 9 aromatic rings. The number of hydrogen-bond acceptors (Lipinski definition) is 2. The van der Waals surface area contributed by atoms with Gasteiger partial charge in [-0.15, -0.1) is 0 Å². The van der Waals surface area contributed by atoms with Crippen LogP contribution in [0.4, 0.5) is 0 Å². The Morgan fingerprint density at radius 3 is 1.60 bits per heavy atom. The van der Waals surface area contributed by atoms with Crippen LogP contribution in [-0.2, 0) is 0 Å². The topological polar surface area (TPSA) is 25.8 Å². The Morgan fingerprint density at radius 2 is 0.868 bits per heavy atom. The number of hydrogen-bond donors (Lipinski definition) is 0. The van der Waals surface area contributed by atoms with Gasteiger partial charge < -0.3 is 0 Å². The van der Waals surface area contributed by atoms with Gasteiger partial charge in [-0.25, -0.2) is 9.97 Å². The van der Waals surface area contributed by atoms with Gasteiger partial charge in [0.25, 0.3) is 0 Å². The molecular formula is C50H36N2Si. The number of aromatic nitrogens is 2. The van der Waals surface area contributed by atoms with Gasteiger partial charge in [0.15, 0.2) is 5.82 Å². The standard InChI is InChI=1S/C50H36N2Si/c1-53(2)45-30-29-37-16-7-9-23-43(37)46(45)48-49(53)47(51-50(52-48)44-24-12-17-36-15-6-8-22-42(36)44)41-21-11-20-40(32-41)39-19-10-18-38(31-39)35-27-25-34(26-28-35)33-13-4-3-5-14-33/h3-32H,1-2H3. The zero-order valence-corrected chi connectivity index (χ0v) is 30.7. The lowest BCUT2D eigenvalue weighted by atomic mass is 9.95. The number of benzene rings is 8. The molecule has 250 valence electrons. The van der Waals surface area contributed by atoms with Crippen molar-refractivity contribution in [3.8, 4) is 67.3 Å². The lowest BCUT2D eigenvalue weighted by Gasteiger charge is -2.22. The van der Waals surface area contributed by atoms with Crippen LogP contribution in [0, 0.1) is 0 Å². The maximum atomic E-state index is 5.55. The molecule has 3 heteroatoms. The molecule has 0 atom stereocenters. The Hall–Kier alpha value is -6.42. The van der Waals surface area contributed by atoms with Crippen LogP contribution in [0.25, 0.3) is 88.8 Å². The van der Waals surface area contributed by atoms with Crippen LogP contribution in [0.2, 0.25) is 13.1 Å². The third-order valence-electron chi connectivity index (χ3n) is 11.1. The summed E-state index contributed by atoms with van der Waals surface area (Å²) in [7, 11) is -2.21. The van der Waals surface area contributed by atoms with Crippen molar-refractivity contribution in [3.63, 3.8) is 0 Å². The molecule has 2 nitrogen and oxygen atoms in total. The smallest absolute Gasteiger partial charge is 0.161 e. The molecular weight excluding hydrogens is 657 g/mol. The Labute approximate surface area is 311 Å². The van der Waals surface area contributed by atoms with E-state index in [1.54, 1.807) is 0 Å². The average molecular weight is 693 g/mol. The van der Waals surface area contributed by atoms with Crippen LogP contribution < -0.4 is 10.4 Å². The molecule has 0 aliphatic carbocycles. The van der Waals surface area contributed by atoms with E-state index < -0.39 is 8.07 Å². The van der Waals surface area contributed by atoms with Gasteiger partial charge in [0.05, 0.1) is 11.4 Å². The molecule has 10 rings (SSSR count). The average Bonchev–Trinajstić information content (AvgIpc) is 3.46. The van der Waals surface area contributed by atoms with Crippen molar-refractivity contribution in [3.05, 3.63) is 182 Å². The Balaban J connectivity index is 1.14. The minimum absolute atomic E-state index is 0.771. The molecule has 0 radical (unpaired) electrons. The minimum Gasteiger partial charge on any atom is -0.228 e. The normalized spacial score (nSPS) is 12.9. The summed E-state index contributed by atoms with van der Waals surface area (Å²) < 4.78 is 0. The number of rotatable bonds is 5. The molecule has 53 heavy (non-hydrogen) atoms. The van der Waals surface area contributed by atoms with E-state index >= 15 is 0 Å². The molecule has 2 heterocycles. The van der Waals surface area contributed by atoms with Crippen LogP contribution in [-0.4, -0.2) is 18.0 Å². The van der Waals surface area contributed by atoms with Gasteiger partial charge in [-0.2, -0.15) is 0 Å². The third kappa shape index (κ3) is 5.24. The van der Waals surface area contributed by atoms with Crippen LogP contribution in [0.15, 0.2) is 182 Å². The van der Waals surface area contributed by atoms with E-state index in [2.05, 4.69) is 195 Å². The number of nitrogens with zero attached hydrogens (tertiary/aromatic N) is 2. The highest BCUT2D eigenvalue weighted by atomic mass is 28.3. The Morgan fingerprint density at radius 1 is 0.377 bits per heavy atom. The second kappa shape index (κ2) is 12.4. The van der Waals surface area contributed by atoms with E-state index in [0.29, 0.717) is 0 Å². The fourth-order valence-electron chi connectivity index (χ4n) is 8.38. The first kappa shape index (κ1) is 31.3. The van der Waals surface area contributed by atoms with Crippen molar-refractivity contribution in [2.75, 3.05) is 0 Å². The quantitative estimate of drug-likeness (QED) is 0.168. The molecule has 0 amide bonds.